The molecule has 4 heteroatoms. The van der Waals surface area contributed by atoms with Crippen LogP contribution in [-0.2, 0) is 11.3 Å². The number of hydrogen-bond donors (Lipinski definition) is 1. The first-order chi connectivity index (χ1) is 8.28. The van der Waals surface area contributed by atoms with Gasteiger partial charge in [-0.05, 0) is 44.5 Å². The summed E-state index contributed by atoms with van der Waals surface area (Å²) in [7, 11) is 0. The van der Waals surface area contributed by atoms with E-state index >= 15 is 0 Å². The lowest BCUT2D eigenvalue weighted by atomic mass is 10.0. The normalized spacial score (nSPS) is 11.9. The van der Waals surface area contributed by atoms with E-state index in [1.54, 1.807) is 13.8 Å². The number of hydrogen-bond acceptors (Lipinski definition) is 2. The van der Waals surface area contributed by atoms with E-state index in [0.29, 0.717) is 13.1 Å². The SMILES string of the molecule is CCN(Cc1ccc(Br)c(C)c1)C(C)(C)C(=O)O. The van der Waals surface area contributed by atoms with Gasteiger partial charge < -0.3 is 5.11 Å². The maximum absolute atomic E-state index is 11.3. The van der Waals surface area contributed by atoms with E-state index in [1.807, 2.05) is 30.9 Å². The van der Waals surface area contributed by atoms with Crippen LogP contribution in [0, 0.1) is 6.92 Å². The molecule has 0 heterocycles. The monoisotopic (exact) mass is 313 g/mol. The van der Waals surface area contributed by atoms with E-state index < -0.39 is 11.5 Å². The van der Waals surface area contributed by atoms with Crippen molar-refractivity contribution in [1.82, 2.24) is 4.90 Å². The van der Waals surface area contributed by atoms with Gasteiger partial charge in [-0.1, -0.05) is 35.0 Å². The lowest BCUT2D eigenvalue weighted by Gasteiger charge is -2.34. The highest BCUT2D eigenvalue weighted by molar-refractivity contribution is 9.10. The largest absolute Gasteiger partial charge is 0.480 e. The van der Waals surface area contributed by atoms with Crippen LogP contribution in [-0.4, -0.2) is 28.1 Å². The van der Waals surface area contributed by atoms with Gasteiger partial charge in [0.2, 0.25) is 0 Å². The lowest BCUT2D eigenvalue weighted by Crippen LogP contribution is -2.49. The predicted octanol–water partition coefficient (Wildman–Crippen LogP) is 3.44. The molecule has 0 aliphatic carbocycles. The Bertz CT molecular complexity index is 443. The van der Waals surface area contributed by atoms with Crippen molar-refractivity contribution < 1.29 is 9.90 Å². The van der Waals surface area contributed by atoms with Gasteiger partial charge in [-0.2, -0.15) is 0 Å². The van der Waals surface area contributed by atoms with Crippen molar-refractivity contribution in [2.24, 2.45) is 0 Å². The molecule has 0 fully saturated rings. The van der Waals surface area contributed by atoms with Gasteiger partial charge in [0, 0.05) is 11.0 Å². The Hall–Kier alpha value is -0.870. The number of carboxylic acids is 1. The summed E-state index contributed by atoms with van der Waals surface area (Å²) in [5, 5.41) is 9.27. The average molecular weight is 314 g/mol. The Morgan fingerprint density at radius 1 is 1.44 bits per heavy atom. The molecule has 3 nitrogen and oxygen atoms in total. The van der Waals surface area contributed by atoms with Crippen molar-refractivity contribution >= 4 is 21.9 Å². The highest BCUT2D eigenvalue weighted by Gasteiger charge is 2.33. The molecular weight excluding hydrogens is 294 g/mol. The second-order valence-corrected chi connectivity index (χ2v) is 5.82. The number of carbonyl (C=O) groups is 1. The van der Waals surface area contributed by atoms with Gasteiger partial charge in [0.05, 0.1) is 0 Å². The summed E-state index contributed by atoms with van der Waals surface area (Å²) >= 11 is 3.47. The minimum atomic E-state index is -0.851. The number of halogens is 1. The molecule has 0 aromatic heterocycles. The van der Waals surface area contributed by atoms with Crippen molar-refractivity contribution in [2.45, 2.75) is 39.8 Å². The molecule has 0 saturated carbocycles. The summed E-state index contributed by atoms with van der Waals surface area (Å²) < 4.78 is 1.08. The van der Waals surface area contributed by atoms with Gasteiger partial charge in [0.1, 0.15) is 5.54 Å². The Labute approximate surface area is 117 Å². The molecule has 0 amide bonds. The van der Waals surface area contributed by atoms with Gasteiger partial charge in [0.15, 0.2) is 0 Å². The van der Waals surface area contributed by atoms with Crippen LogP contribution in [0.5, 0.6) is 0 Å². The number of likely N-dealkylation sites (N-methyl/N-ethyl adjacent to an activating group) is 1. The van der Waals surface area contributed by atoms with Crippen LogP contribution in [0.1, 0.15) is 31.9 Å². The highest BCUT2D eigenvalue weighted by Crippen LogP contribution is 2.21. The van der Waals surface area contributed by atoms with Crippen molar-refractivity contribution in [3.63, 3.8) is 0 Å². The maximum Gasteiger partial charge on any atom is 0.323 e. The number of aliphatic carboxylic acids is 1. The minimum absolute atomic E-state index is 0.643. The van der Waals surface area contributed by atoms with Gasteiger partial charge in [-0.25, -0.2) is 0 Å². The number of nitrogens with zero attached hydrogens (tertiary/aromatic N) is 1. The fraction of sp³-hybridized carbons (Fsp3) is 0.500. The topological polar surface area (TPSA) is 40.5 Å². The van der Waals surface area contributed by atoms with Crippen LogP contribution >= 0.6 is 15.9 Å². The molecule has 1 aromatic rings. The van der Waals surface area contributed by atoms with E-state index in [1.165, 1.54) is 0 Å². The van der Waals surface area contributed by atoms with Crippen molar-refractivity contribution in [3.8, 4) is 0 Å². The second kappa shape index (κ2) is 5.85. The van der Waals surface area contributed by atoms with Gasteiger partial charge in [-0.15, -0.1) is 0 Å². The second-order valence-electron chi connectivity index (χ2n) is 4.96. The third kappa shape index (κ3) is 3.33. The number of carboxylic acid groups (broad SMARTS) is 1. The molecule has 1 rings (SSSR count). The lowest BCUT2D eigenvalue weighted by molar-refractivity contribution is -0.149. The molecule has 1 aromatic carbocycles. The first kappa shape index (κ1) is 15.2. The van der Waals surface area contributed by atoms with Crippen molar-refractivity contribution in [3.05, 3.63) is 33.8 Å². The third-order valence-electron chi connectivity index (χ3n) is 3.29. The molecule has 0 unspecified atom stereocenters. The zero-order valence-corrected chi connectivity index (χ0v) is 12.9. The van der Waals surface area contributed by atoms with Gasteiger partial charge in [-0.3, -0.25) is 9.69 Å². The molecule has 0 spiro atoms. The fourth-order valence-electron chi connectivity index (χ4n) is 1.87. The zero-order valence-electron chi connectivity index (χ0n) is 11.3. The Morgan fingerprint density at radius 2 is 2.06 bits per heavy atom. The average Bonchev–Trinajstić information content (AvgIpc) is 2.30. The summed E-state index contributed by atoms with van der Waals surface area (Å²) in [5.74, 6) is -0.793. The molecule has 100 valence electrons. The summed E-state index contributed by atoms with van der Waals surface area (Å²) in [6, 6.07) is 6.12. The Kier molecular flexibility index (Phi) is 4.93. The number of aryl methyl sites for hydroxylation is 1. The minimum Gasteiger partial charge on any atom is -0.480 e. The molecule has 18 heavy (non-hydrogen) atoms. The van der Waals surface area contributed by atoms with Gasteiger partial charge in [0.25, 0.3) is 0 Å². The van der Waals surface area contributed by atoms with Crippen LogP contribution in [0.25, 0.3) is 0 Å². The van der Waals surface area contributed by atoms with Crippen molar-refractivity contribution in [2.75, 3.05) is 6.54 Å². The molecular formula is C14H20BrNO2. The fourth-order valence-corrected chi connectivity index (χ4v) is 2.11. The van der Waals surface area contributed by atoms with E-state index in [-0.39, 0.29) is 0 Å². The number of benzene rings is 1. The van der Waals surface area contributed by atoms with E-state index in [4.69, 9.17) is 0 Å². The van der Waals surface area contributed by atoms with Crippen LogP contribution in [0.3, 0.4) is 0 Å². The van der Waals surface area contributed by atoms with E-state index in [0.717, 1.165) is 15.6 Å². The molecule has 0 bridgehead atoms. The smallest absolute Gasteiger partial charge is 0.323 e. The number of rotatable bonds is 5. The molecule has 0 radical (unpaired) electrons. The molecule has 0 saturated heterocycles. The molecule has 0 aliphatic heterocycles. The summed E-state index contributed by atoms with van der Waals surface area (Å²) in [4.78, 5) is 13.2. The quantitative estimate of drug-likeness (QED) is 0.905. The van der Waals surface area contributed by atoms with Crippen LogP contribution in [0.4, 0.5) is 0 Å². The van der Waals surface area contributed by atoms with Crippen LogP contribution < -0.4 is 0 Å². The zero-order chi connectivity index (χ0) is 13.9. The third-order valence-corrected chi connectivity index (χ3v) is 4.18. The summed E-state index contributed by atoms with van der Waals surface area (Å²) in [5.41, 5.74) is 1.44. The Balaban J connectivity index is 2.93. The molecule has 1 N–H and O–H groups in total. The van der Waals surface area contributed by atoms with E-state index in [9.17, 15) is 9.90 Å². The maximum atomic E-state index is 11.3. The summed E-state index contributed by atoms with van der Waals surface area (Å²) in [6.07, 6.45) is 0. The summed E-state index contributed by atoms with van der Waals surface area (Å²) in [6.45, 7) is 8.84. The van der Waals surface area contributed by atoms with Crippen LogP contribution in [0.2, 0.25) is 0 Å². The van der Waals surface area contributed by atoms with Crippen LogP contribution in [0.15, 0.2) is 22.7 Å². The van der Waals surface area contributed by atoms with Gasteiger partial charge >= 0.3 is 5.97 Å². The highest BCUT2D eigenvalue weighted by atomic mass is 79.9. The first-order valence-electron chi connectivity index (χ1n) is 6.02. The molecule has 0 atom stereocenters. The molecule has 0 aliphatic rings. The first-order valence-corrected chi connectivity index (χ1v) is 6.81. The predicted molar refractivity (Wildman–Crippen MR) is 76.7 cm³/mol. The van der Waals surface area contributed by atoms with E-state index in [2.05, 4.69) is 22.0 Å². The van der Waals surface area contributed by atoms with Crippen molar-refractivity contribution in [1.29, 1.82) is 0 Å². The Morgan fingerprint density at radius 3 is 2.50 bits per heavy atom. The standard InChI is InChI=1S/C14H20BrNO2/c1-5-16(14(3,4)13(17)18)9-11-6-7-12(15)10(2)8-11/h6-8H,5,9H2,1-4H3,(H,17,18).